The summed E-state index contributed by atoms with van der Waals surface area (Å²) >= 11 is 0. The minimum absolute atomic E-state index is 0.340. The van der Waals surface area contributed by atoms with Crippen molar-refractivity contribution in [1.82, 2.24) is 0 Å². The number of ether oxygens (including phenoxy) is 2. The van der Waals surface area contributed by atoms with Crippen molar-refractivity contribution in [2.75, 3.05) is 14.2 Å². The highest BCUT2D eigenvalue weighted by molar-refractivity contribution is 5.53. The highest BCUT2D eigenvalue weighted by atomic mass is 16.5. The van der Waals surface area contributed by atoms with E-state index < -0.39 is 0 Å². The molecule has 0 fully saturated rings. The van der Waals surface area contributed by atoms with Crippen molar-refractivity contribution in [3.05, 3.63) is 22.8 Å². The predicted molar refractivity (Wildman–Crippen MR) is 58.3 cm³/mol. The Morgan fingerprint density at radius 1 is 1.27 bits per heavy atom. The van der Waals surface area contributed by atoms with E-state index in [1.807, 2.05) is 19.9 Å². The minimum Gasteiger partial charge on any atom is -0.496 e. The Balaban J connectivity index is 3.42. The van der Waals surface area contributed by atoms with Crippen LogP contribution in [0.15, 0.2) is 6.07 Å². The molecule has 0 radical (unpaired) electrons. The van der Waals surface area contributed by atoms with Gasteiger partial charge in [-0.2, -0.15) is 5.26 Å². The van der Waals surface area contributed by atoms with E-state index in [1.54, 1.807) is 14.2 Å². The standard InChI is InChI=1S/C12H15NO2/c1-8-7-11(14-3)9(2)10(5-6-13)12(8)15-4/h7H,5H2,1-4H3. The van der Waals surface area contributed by atoms with Gasteiger partial charge < -0.3 is 9.47 Å². The van der Waals surface area contributed by atoms with Gasteiger partial charge in [0.25, 0.3) is 0 Å². The van der Waals surface area contributed by atoms with Gasteiger partial charge >= 0.3 is 0 Å². The molecule has 0 amide bonds. The van der Waals surface area contributed by atoms with Gasteiger partial charge in [-0.15, -0.1) is 0 Å². The zero-order valence-electron chi connectivity index (χ0n) is 9.55. The van der Waals surface area contributed by atoms with E-state index in [0.29, 0.717) is 6.42 Å². The molecule has 1 rings (SSSR count). The number of methoxy groups -OCH3 is 2. The van der Waals surface area contributed by atoms with Gasteiger partial charge in [0.05, 0.1) is 26.7 Å². The SMILES string of the molecule is COc1cc(C)c(OC)c(CC#N)c1C. The largest absolute Gasteiger partial charge is 0.496 e. The van der Waals surface area contributed by atoms with Crippen molar-refractivity contribution < 1.29 is 9.47 Å². The van der Waals surface area contributed by atoms with Crippen LogP contribution in [-0.2, 0) is 6.42 Å². The maximum atomic E-state index is 8.77. The zero-order valence-corrected chi connectivity index (χ0v) is 9.55. The van der Waals surface area contributed by atoms with Gasteiger partial charge in [0.2, 0.25) is 0 Å². The third-order valence-electron chi connectivity index (χ3n) is 2.48. The molecule has 0 atom stereocenters. The normalized spacial score (nSPS) is 9.53. The molecule has 0 saturated heterocycles. The molecule has 0 aliphatic rings. The lowest BCUT2D eigenvalue weighted by atomic mass is 10.0. The second-order valence-electron chi connectivity index (χ2n) is 3.37. The second-order valence-corrected chi connectivity index (χ2v) is 3.37. The van der Waals surface area contributed by atoms with Gasteiger partial charge in [-0.1, -0.05) is 0 Å². The Kier molecular flexibility index (Phi) is 3.56. The van der Waals surface area contributed by atoms with Crippen LogP contribution < -0.4 is 9.47 Å². The Morgan fingerprint density at radius 3 is 2.40 bits per heavy atom. The van der Waals surface area contributed by atoms with Crippen LogP contribution in [0.4, 0.5) is 0 Å². The number of hydrogen-bond acceptors (Lipinski definition) is 3. The molecule has 1 aromatic carbocycles. The fraction of sp³-hybridized carbons (Fsp3) is 0.417. The summed E-state index contributed by atoms with van der Waals surface area (Å²) in [5, 5.41) is 8.77. The highest BCUT2D eigenvalue weighted by Gasteiger charge is 2.13. The van der Waals surface area contributed by atoms with Gasteiger partial charge in [-0.25, -0.2) is 0 Å². The van der Waals surface area contributed by atoms with Crippen LogP contribution in [-0.4, -0.2) is 14.2 Å². The van der Waals surface area contributed by atoms with Crippen LogP contribution >= 0.6 is 0 Å². The second kappa shape index (κ2) is 4.70. The number of nitriles is 1. The van der Waals surface area contributed by atoms with E-state index in [9.17, 15) is 0 Å². The van der Waals surface area contributed by atoms with Crippen molar-refractivity contribution in [3.8, 4) is 17.6 Å². The first-order valence-corrected chi connectivity index (χ1v) is 4.73. The van der Waals surface area contributed by atoms with Crippen molar-refractivity contribution in [3.63, 3.8) is 0 Å². The average molecular weight is 205 g/mol. The molecule has 0 bridgehead atoms. The Morgan fingerprint density at radius 2 is 1.93 bits per heavy atom. The van der Waals surface area contributed by atoms with E-state index in [0.717, 1.165) is 28.2 Å². The van der Waals surface area contributed by atoms with Crippen molar-refractivity contribution >= 4 is 0 Å². The fourth-order valence-corrected chi connectivity index (χ4v) is 1.72. The lowest BCUT2D eigenvalue weighted by molar-refractivity contribution is 0.394. The first-order valence-electron chi connectivity index (χ1n) is 4.73. The number of nitrogens with zero attached hydrogens (tertiary/aromatic N) is 1. The maximum absolute atomic E-state index is 8.77. The summed E-state index contributed by atoms with van der Waals surface area (Å²) < 4.78 is 10.5. The summed E-state index contributed by atoms with van der Waals surface area (Å²) in [6.45, 7) is 3.88. The fourth-order valence-electron chi connectivity index (χ4n) is 1.72. The quantitative estimate of drug-likeness (QED) is 0.760. The highest BCUT2D eigenvalue weighted by Crippen LogP contribution is 2.33. The monoisotopic (exact) mass is 205 g/mol. The number of aryl methyl sites for hydroxylation is 1. The van der Waals surface area contributed by atoms with Gasteiger partial charge in [0.1, 0.15) is 11.5 Å². The van der Waals surface area contributed by atoms with Crippen molar-refractivity contribution in [1.29, 1.82) is 5.26 Å². The predicted octanol–water partition coefficient (Wildman–Crippen LogP) is 2.39. The van der Waals surface area contributed by atoms with Crippen LogP contribution in [0.1, 0.15) is 16.7 Å². The molecule has 0 aliphatic heterocycles. The van der Waals surface area contributed by atoms with Crippen LogP contribution in [0.25, 0.3) is 0 Å². The molecule has 3 nitrogen and oxygen atoms in total. The van der Waals surface area contributed by atoms with E-state index in [2.05, 4.69) is 6.07 Å². The van der Waals surface area contributed by atoms with Crippen molar-refractivity contribution in [2.45, 2.75) is 20.3 Å². The van der Waals surface area contributed by atoms with Crippen LogP contribution in [0.2, 0.25) is 0 Å². The average Bonchev–Trinajstić information content (AvgIpc) is 2.23. The lowest BCUT2D eigenvalue weighted by Crippen LogP contribution is -2.00. The summed E-state index contributed by atoms with van der Waals surface area (Å²) in [6.07, 6.45) is 0.340. The van der Waals surface area contributed by atoms with Gasteiger partial charge in [-0.05, 0) is 31.0 Å². The van der Waals surface area contributed by atoms with Crippen molar-refractivity contribution in [2.24, 2.45) is 0 Å². The first-order chi connectivity index (χ1) is 7.15. The van der Waals surface area contributed by atoms with E-state index in [1.165, 1.54) is 0 Å². The van der Waals surface area contributed by atoms with Gasteiger partial charge in [0.15, 0.2) is 0 Å². The molecule has 80 valence electrons. The van der Waals surface area contributed by atoms with E-state index in [4.69, 9.17) is 14.7 Å². The van der Waals surface area contributed by atoms with Gasteiger partial charge in [0, 0.05) is 5.56 Å². The molecular weight excluding hydrogens is 190 g/mol. The third-order valence-corrected chi connectivity index (χ3v) is 2.48. The summed E-state index contributed by atoms with van der Waals surface area (Å²) in [6, 6.07) is 4.07. The molecular formula is C12H15NO2. The molecule has 0 spiro atoms. The van der Waals surface area contributed by atoms with E-state index >= 15 is 0 Å². The molecule has 0 N–H and O–H groups in total. The number of benzene rings is 1. The summed E-state index contributed by atoms with van der Waals surface area (Å²) in [5.74, 6) is 1.59. The minimum atomic E-state index is 0.340. The van der Waals surface area contributed by atoms with Crippen LogP contribution in [0.5, 0.6) is 11.5 Å². The Hall–Kier alpha value is -1.69. The third kappa shape index (κ3) is 2.04. The van der Waals surface area contributed by atoms with Crippen LogP contribution in [0.3, 0.4) is 0 Å². The Bertz CT molecular complexity index is 405. The maximum Gasteiger partial charge on any atom is 0.126 e. The number of rotatable bonds is 3. The summed E-state index contributed by atoms with van der Waals surface area (Å²) in [5.41, 5.74) is 2.88. The molecule has 0 aromatic heterocycles. The molecule has 0 saturated carbocycles. The molecule has 0 aliphatic carbocycles. The Labute approximate surface area is 90.2 Å². The number of hydrogen-bond donors (Lipinski definition) is 0. The molecule has 0 heterocycles. The zero-order chi connectivity index (χ0) is 11.4. The first kappa shape index (κ1) is 11.4. The van der Waals surface area contributed by atoms with Gasteiger partial charge in [-0.3, -0.25) is 0 Å². The molecule has 3 heteroatoms. The summed E-state index contributed by atoms with van der Waals surface area (Å²) in [4.78, 5) is 0. The van der Waals surface area contributed by atoms with E-state index in [-0.39, 0.29) is 0 Å². The lowest BCUT2D eigenvalue weighted by Gasteiger charge is -2.15. The molecule has 15 heavy (non-hydrogen) atoms. The topological polar surface area (TPSA) is 42.2 Å². The summed E-state index contributed by atoms with van der Waals surface area (Å²) in [7, 11) is 3.25. The van der Waals surface area contributed by atoms with Crippen LogP contribution in [0, 0.1) is 25.2 Å². The molecule has 0 unspecified atom stereocenters. The molecule has 1 aromatic rings. The smallest absolute Gasteiger partial charge is 0.126 e.